The number of amides is 1. The van der Waals surface area contributed by atoms with Gasteiger partial charge in [-0.2, -0.15) is 0 Å². The van der Waals surface area contributed by atoms with Gasteiger partial charge < -0.3 is 16.0 Å². The van der Waals surface area contributed by atoms with Crippen molar-refractivity contribution in [2.75, 3.05) is 18.9 Å². The van der Waals surface area contributed by atoms with Gasteiger partial charge >= 0.3 is 0 Å². The number of guanidine groups is 1. The number of para-hydroxylation sites is 1. The van der Waals surface area contributed by atoms with Crippen LogP contribution in [0, 0.1) is 23.3 Å². The zero-order chi connectivity index (χ0) is 20.3. The average molecular weight is 394 g/mol. The standard InChI is InChI=1S/C19H18F4N4O/c1-24-19(26-9-12-17(22)13(20)7-14(21)18(12)23)25-8-10-6-16(28)27-15-5-3-2-4-11(10)15/h2-5,7,10H,6,8-9H2,1H3,(H,27,28)(H2,24,25,26). The first-order valence-electron chi connectivity index (χ1n) is 8.55. The summed E-state index contributed by atoms with van der Waals surface area (Å²) in [5.41, 5.74) is 0.921. The maximum atomic E-state index is 13.8. The number of carbonyl (C=O) groups excluding carboxylic acids is 1. The third kappa shape index (κ3) is 4.08. The minimum Gasteiger partial charge on any atom is -0.356 e. The zero-order valence-electron chi connectivity index (χ0n) is 15.0. The van der Waals surface area contributed by atoms with Crippen LogP contribution in [0.1, 0.15) is 23.5 Å². The van der Waals surface area contributed by atoms with Gasteiger partial charge in [0, 0.05) is 49.8 Å². The number of nitrogens with zero attached hydrogens (tertiary/aromatic N) is 1. The van der Waals surface area contributed by atoms with Crippen molar-refractivity contribution in [1.29, 1.82) is 0 Å². The minimum absolute atomic E-state index is 0.118. The van der Waals surface area contributed by atoms with E-state index in [0.29, 0.717) is 6.54 Å². The normalized spacial score (nSPS) is 16.4. The molecule has 1 atom stereocenters. The van der Waals surface area contributed by atoms with Crippen molar-refractivity contribution in [3.63, 3.8) is 0 Å². The summed E-state index contributed by atoms with van der Waals surface area (Å²) < 4.78 is 54.1. The summed E-state index contributed by atoms with van der Waals surface area (Å²) in [7, 11) is 1.44. The van der Waals surface area contributed by atoms with E-state index in [1.807, 2.05) is 18.2 Å². The number of carbonyl (C=O) groups is 1. The lowest BCUT2D eigenvalue weighted by molar-refractivity contribution is -0.116. The number of halogens is 4. The molecule has 2 aromatic carbocycles. The molecule has 0 bridgehead atoms. The number of rotatable bonds is 4. The second-order valence-electron chi connectivity index (χ2n) is 6.29. The molecule has 0 aromatic heterocycles. The Kier molecular flexibility index (Phi) is 5.81. The van der Waals surface area contributed by atoms with Gasteiger partial charge in [-0.15, -0.1) is 0 Å². The predicted molar refractivity (Wildman–Crippen MR) is 96.9 cm³/mol. The molecule has 0 saturated carbocycles. The molecule has 2 aromatic rings. The Morgan fingerprint density at radius 1 is 1.14 bits per heavy atom. The Hall–Kier alpha value is -3.10. The van der Waals surface area contributed by atoms with E-state index >= 15 is 0 Å². The number of hydrogen-bond acceptors (Lipinski definition) is 2. The molecule has 1 amide bonds. The van der Waals surface area contributed by atoms with Crippen molar-refractivity contribution in [2.45, 2.75) is 18.9 Å². The first kappa shape index (κ1) is 19.7. The maximum absolute atomic E-state index is 13.8. The fourth-order valence-electron chi connectivity index (χ4n) is 3.07. The highest BCUT2D eigenvalue weighted by Crippen LogP contribution is 2.31. The van der Waals surface area contributed by atoms with E-state index in [1.165, 1.54) is 7.05 Å². The van der Waals surface area contributed by atoms with Gasteiger partial charge in [0.05, 0.1) is 0 Å². The van der Waals surface area contributed by atoms with Gasteiger partial charge in [0.15, 0.2) is 29.2 Å². The molecule has 1 heterocycles. The Morgan fingerprint density at radius 2 is 1.82 bits per heavy atom. The first-order chi connectivity index (χ1) is 13.4. The summed E-state index contributed by atoms with van der Waals surface area (Å²) in [6, 6.07) is 7.54. The van der Waals surface area contributed by atoms with Crippen LogP contribution in [0.2, 0.25) is 0 Å². The average Bonchev–Trinajstić information content (AvgIpc) is 2.68. The van der Waals surface area contributed by atoms with Crippen molar-refractivity contribution in [1.82, 2.24) is 10.6 Å². The fourth-order valence-corrected chi connectivity index (χ4v) is 3.07. The summed E-state index contributed by atoms with van der Waals surface area (Å²) in [5.74, 6) is -5.94. The lowest BCUT2D eigenvalue weighted by atomic mass is 9.90. The Balaban J connectivity index is 1.66. The van der Waals surface area contributed by atoms with Crippen LogP contribution in [0.5, 0.6) is 0 Å². The van der Waals surface area contributed by atoms with Crippen LogP contribution in [-0.4, -0.2) is 25.5 Å². The van der Waals surface area contributed by atoms with Gasteiger partial charge in [-0.25, -0.2) is 17.6 Å². The lowest BCUT2D eigenvalue weighted by Crippen LogP contribution is -2.40. The van der Waals surface area contributed by atoms with Gasteiger partial charge in [-0.05, 0) is 11.6 Å². The molecule has 0 fully saturated rings. The topological polar surface area (TPSA) is 65.5 Å². The molecule has 3 N–H and O–H groups in total. The number of aliphatic imine (C=N–C) groups is 1. The highest BCUT2D eigenvalue weighted by Gasteiger charge is 2.25. The van der Waals surface area contributed by atoms with Gasteiger partial charge in [-0.3, -0.25) is 9.79 Å². The monoisotopic (exact) mass is 394 g/mol. The highest BCUT2D eigenvalue weighted by molar-refractivity contribution is 5.94. The Labute approximate surface area is 158 Å². The van der Waals surface area contributed by atoms with Gasteiger partial charge in [0.25, 0.3) is 0 Å². The Morgan fingerprint density at radius 3 is 2.50 bits per heavy atom. The molecule has 1 aliphatic heterocycles. The predicted octanol–water partition coefficient (Wildman–Crippen LogP) is 3.03. The van der Waals surface area contributed by atoms with Crippen molar-refractivity contribution in [3.8, 4) is 0 Å². The minimum atomic E-state index is -1.47. The quantitative estimate of drug-likeness (QED) is 0.323. The molecular formula is C19H18F4N4O. The second-order valence-corrected chi connectivity index (χ2v) is 6.29. The largest absolute Gasteiger partial charge is 0.356 e. The van der Waals surface area contributed by atoms with Crippen LogP contribution in [-0.2, 0) is 11.3 Å². The van der Waals surface area contributed by atoms with Crippen LogP contribution in [0.15, 0.2) is 35.3 Å². The van der Waals surface area contributed by atoms with Crippen LogP contribution >= 0.6 is 0 Å². The van der Waals surface area contributed by atoms with Crippen molar-refractivity contribution in [3.05, 3.63) is 64.7 Å². The highest BCUT2D eigenvalue weighted by atomic mass is 19.2. The molecule has 148 valence electrons. The molecule has 0 spiro atoms. The van der Waals surface area contributed by atoms with Crippen molar-refractivity contribution < 1.29 is 22.4 Å². The summed E-state index contributed by atoms with van der Waals surface area (Å²) in [5, 5.41) is 8.38. The van der Waals surface area contributed by atoms with Gasteiger partial charge in [0.1, 0.15) is 0 Å². The van der Waals surface area contributed by atoms with E-state index in [4.69, 9.17) is 0 Å². The molecule has 5 nitrogen and oxygen atoms in total. The van der Waals surface area contributed by atoms with Crippen LogP contribution in [0.25, 0.3) is 0 Å². The lowest BCUT2D eigenvalue weighted by Gasteiger charge is -2.26. The van der Waals surface area contributed by atoms with E-state index < -0.39 is 35.4 Å². The zero-order valence-corrected chi connectivity index (χ0v) is 15.0. The summed E-state index contributed by atoms with van der Waals surface area (Å²) >= 11 is 0. The maximum Gasteiger partial charge on any atom is 0.225 e. The van der Waals surface area contributed by atoms with E-state index in [2.05, 4.69) is 20.9 Å². The molecule has 3 rings (SSSR count). The summed E-state index contributed by atoms with van der Waals surface area (Å²) in [6.45, 7) is -0.180. The van der Waals surface area contributed by atoms with E-state index in [1.54, 1.807) is 6.07 Å². The number of nitrogens with one attached hydrogen (secondary N) is 3. The first-order valence-corrected chi connectivity index (χ1v) is 8.55. The Bertz CT molecular complexity index is 906. The third-order valence-corrected chi connectivity index (χ3v) is 4.48. The van der Waals surface area contributed by atoms with E-state index in [-0.39, 0.29) is 30.3 Å². The summed E-state index contributed by atoms with van der Waals surface area (Å²) in [6.07, 6.45) is 0.263. The SMILES string of the molecule is CN=C(NCc1c(F)c(F)cc(F)c1F)NCC1CC(=O)Nc2ccccc21. The van der Waals surface area contributed by atoms with Gasteiger partial charge in [-0.1, -0.05) is 18.2 Å². The molecule has 1 aliphatic rings. The fraction of sp³-hybridized carbons (Fsp3) is 0.263. The molecule has 0 radical (unpaired) electrons. The van der Waals surface area contributed by atoms with E-state index in [0.717, 1.165) is 11.3 Å². The van der Waals surface area contributed by atoms with E-state index in [9.17, 15) is 22.4 Å². The smallest absolute Gasteiger partial charge is 0.225 e. The molecule has 0 saturated heterocycles. The van der Waals surface area contributed by atoms with Crippen molar-refractivity contribution >= 4 is 17.6 Å². The third-order valence-electron chi connectivity index (χ3n) is 4.48. The van der Waals surface area contributed by atoms with Crippen LogP contribution in [0.3, 0.4) is 0 Å². The van der Waals surface area contributed by atoms with Crippen LogP contribution < -0.4 is 16.0 Å². The molecule has 0 aliphatic carbocycles. The van der Waals surface area contributed by atoms with Gasteiger partial charge in [0.2, 0.25) is 5.91 Å². The number of anilines is 1. The molecule has 1 unspecified atom stereocenters. The number of hydrogen-bond donors (Lipinski definition) is 3. The molecular weight excluding hydrogens is 376 g/mol. The second kappa shape index (κ2) is 8.28. The van der Waals surface area contributed by atoms with Crippen LogP contribution in [0.4, 0.5) is 23.2 Å². The molecule has 9 heteroatoms. The molecule has 28 heavy (non-hydrogen) atoms. The number of benzene rings is 2. The summed E-state index contributed by atoms with van der Waals surface area (Å²) in [4.78, 5) is 15.8. The number of fused-ring (bicyclic) bond motifs is 1. The van der Waals surface area contributed by atoms with Crippen molar-refractivity contribution in [2.24, 2.45) is 4.99 Å².